The number of aromatic amines is 1. The Kier molecular flexibility index (Phi) is 2.60. The van der Waals surface area contributed by atoms with Gasteiger partial charge in [-0.3, -0.25) is 4.79 Å². The lowest BCUT2D eigenvalue weighted by Crippen LogP contribution is -2.04. The number of carbonyl (C=O) groups is 1. The second kappa shape index (κ2) is 4.28. The average Bonchev–Trinajstić information content (AvgIpc) is 2.81. The van der Waals surface area contributed by atoms with Crippen molar-refractivity contribution in [3.63, 3.8) is 0 Å². The first-order chi connectivity index (χ1) is 9.16. The van der Waals surface area contributed by atoms with Gasteiger partial charge in [-0.05, 0) is 31.2 Å². The summed E-state index contributed by atoms with van der Waals surface area (Å²) in [6.07, 6.45) is 1.75. The van der Waals surface area contributed by atoms with Crippen molar-refractivity contribution in [2.75, 3.05) is 5.73 Å². The molecule has 0 aliphatic heterocycles. The Morgan fingerprint density at radius 2 is 1.89 bits per heavy atom. The van der Waals surface area contributed by atoms with Crippen molar-refractivity contribution in [1.82, 2.24) is 4.98 Å². The van der Waals surface area contributed by atoms with Gasteiger partial charge in [-0.15, -0.1) is 0 Å². The number of nitrogens with two attached hydrogens (primary N) is 1. The first-order valence-corrected chi connectivity index (χ1v) is 6.14. The highest BCUT2D eigenvalue weighted by molar-refractivity contribution is 6.18. The zero-order valence-corrected chi connectivity index (χ0v) is 10.6. The summed E-state index contributed by atoms with van der Waals surface area (Å²) in [4.78, 5) is 15.7. The van der Waals surface area contributed by atoms with Crippen LogP contribution in [0.3, 0.4) is 0 Å². The van der Waals surface area contributed by atoms with Crippen LogP contribution in [0.4, 0.5) is 5.69 Å². The zero-order chi connectivity index (χ0) is 13.4. The van der Waals surface area contributed by atoms with Gasteiger partial charge in [-0.25, -0.2) is 0 Å². The van der Waals surface area contributed by atoms with Gasteiger partial charge in [0, 0.05) is 33.9 Å². The number of ketones is 1. The quantitative estimate of drug-likeness (QED) is 0.541. The third-order valence-electron chi connectivity index (χ3n) is 3.29. The number of benzene rings is 2. The summed E-state index contributed by atoms with van der Waals surface area (Å²) >= 11 is 0. The van der Waals surface area contributed by atoms with E-state index in [1.54, 1.807) is 18.3 Å². The summed E-state index contributed by atoms with van der Waals surface area (Å²) < 4.78 is 0. The van der Waals surface area contributed by atoms with E-state index in [1.807, 2.05) is 37.3 Å². The van der Waals surface area contributed by atoms with Crippen molar-refractivity contribution in [3.8, 4) is 0 Å². The fourth-order valence-electron chi connectivity index (χ4n) is 2.27. The van der Waals surface area contributed by atoms with E-state index in [2.05, 4.69) is 4.98 Å². The van der Waals surface area contributed by atoms with Crippen molar-refractivity contribution in [2.45, 2.75) is 6.92 Å². The number of fused-ring (bicyclic) bond motifs is 1. The third kappa shape index (κ3) is 1.89. The van der Waals surface area contributed by atoms with Gasteiger partial charge < -0.3 is 10.7 Å². The van der Waals surface area contributed by atoms with Crippen LogP contribution in [-0.4, -0.2) is 10.8 Å². The molecular weight excluding hydrogens is 236 g/mol. The van der Waals surface area contributed by atoms with Crippen LogP contribution in [0.25, 0.3) is 10.9 Å². The summed E-state index contributed by atoms with van der Waals surface area (Å²) in [5.74, 6) is -0.0463. The van der Waals surface area contributed by atoms with Crippen LogP contribution >= 0.6 is 0 Å². The van der Waals surface area contributed by atoms with E-state index in [9.17, 15) is 4.79 Å². The summed E-state index contributed by atoms with van der Waals surface area (Å²) in [6, 6.07) is 13.2. The molecule has 2 aromatic carbocycles. The predicted molar refractivity (Wildman–Crippen MR) is 77.3 cm³/mol. The Balaban J connectivity index is 2.17. The van der Waals surface area contributed by atoms with Crippen LogP contribution in [0.15, 0.2) is 48.7 Å². The van der Waals surface area contributed by atoms with Crippen molar-refractivity contribution >= 4 is 22.4 Å². The van der Waals surface area contributed by atoms with E-state index < -0.39 is 0 Å². The highest BCUT2D eigenvalue weighted by Gasteiger charge is 2.16. The second-order valence-corrected chi connectivity index (χ2v) is 4.67. The molecule has 0 aliphatic rings. The average molecular weight is 250 g/mol. The molecule has 3 nitrogen and oxygen atoms in total. The number of nitrogens with one attached hydrogen (secondary N) is 1. The lowest BCUT2D eigenvalue weighted by Gasteiger charge is -2.03. The molecule has 0 bridgehead atoms. The maximum absolute atomic E-state index is 12.6. The van der Waals surface area contributed by atoms with Gasteiger partial charge in [0.2, 0.25) is 0 Å². The van der Waals surface area contributed by atoms with E-state index in [-0.39, 0.29) is 5.78 Å². The molecule has 3 N–H and O–H groups in total. The molecule has 3 rings (SSSR count). The molecule has 0 radical (unpaired) electrons. The van der Waals surface area contributed by atoms with Crippen molar-refractivity contribution in [3.05, 3.63) is 65.4 Å². The third-order valence-corrected chi connectivity index (χ3v) is 3.29. The number of para-hydroxylation sites is 1. The van der Waals surface area contributed by atoms with Gasteiger partial charge in [0.15, 0.2) is 5.78 Å². The Morgan fingerprint density at radius 1 is 1.11 bits per heavy atom. The molecule has 0 saturated heterocycles. The van der Waals surface area contributed by atoms with E-state index in [0.29, 0.717) is 16.8 Å². The number of nitrogen functional groups attached to an aromatic ring is 1. The maximum atomic E-state index is 12.6. The van der Waals surface area contributed by atoms with Crippen molar-refractivity contribution in [2.24, 2.45) is 0 Å². The molecule has 0 amide bonds. The molecule has 0 saturated carbocycles. The normalized spacial score (nSPS) is 10.8. The maximum Gasteiger partial charge on any atom is 0.197 e. The van der Waals surface area contributed by atoms with Gasteiger partial charge in [0.25, 0.3) is 0 Å². The first kappa shape index (κ1) is 11.5. The van der Waals surface area contributed by atoms with Crippen molar-refractivity contribution in [1.29, 1.82) is 0 Å². The number of hydrogen-bond acceptors (Lipinski definition) is 2. The van der Waals surface area contributed by atoms with Gasteiger partial charge in [0.05, 0.1) is 0 Å². The van der Waals surface area contributed by atoms with Crippen LogP contribution in [-0.2, 0) is 0 Å². The largest absolute Gasteiger partial charge is 0.398 e. The molecule has 0 spiro atoms. The number of rotatable bonds is 2. The van der Waals surface area contributed by atoms with Crippen LogP contribution < -0.4 is 5.73 Å². The van der Waals surface area contributed by atoms with Gasteiger partial charge >= 0.3 is 0 Å². The number of carbonyl (C=O) groups excluding carboxylic acids is 1. The number of anilines is 1. The van der Waals surface area contributed by atoms with Crippen molar-refractivity contribution < 1.29 is 4.79 Å². The monoisotopic (exact) mass is 250 g/mol. The minimum absolute atomic E-state index is 0.0463. The number of H-pyrrole nitrogens is 1. The smallest absolute Gasteiger partial charge is 0.197 e. The molecular formula is C16H14N2O. The second-order valence-electron chi connectivity index (χ2n) is 4.67. The number of hydrogen-bond donors (Lipinski definition) is 2. The summed E-state index contributed by atoms with van der Waals surface area (Å²) in [5, 5.41) is 0.938. The standard InChI is InChI=1S/C16H14N2O/c1-10-6-7-15-12(8-10)13(9-18-15)16(19)11-4-2-3-5-14(11)17/h2-9,18H,17H2,1H3. The molecule has 1 heterocycles. The summed E-state index contributed by atoms with van der Waals surface area (Å²) in [6.45, 7) is 2.01. The Morgan fingerprint density at radius 3 is 2.68 bits per heavy atom. The van der Waals surface area contributed by atoms with Crippen LogP contribution in [0.1, 0.15) is 21.5 Å². The Hall–Kier alpha value is -2.55. The van der Waals surface area contributed by atoms with E-state index in [4.69, 9.17) is 5.73 Å². The highest BCUT2D eigenvalue weighted by Crippen LogP contribution is 2.24. The molecule has 0 aliphatic carbocycles. The molecule has 3 aromatic rings. The molecule has 19 heavy (non-hydrogen) atoms. The molecule has 3 heteroatoms. The topological polar surface area (TPSA) is 58.9 Å². The first-order valence-electron chi connectivity index (χ1n) is 6.14. The van der Waals surface area contributed by atoms with Crippen LogP contribution in [0, 0.1) is 6.92 Å². The summed E-state index contributed by atoms with van der Waals surface area (Å²) in [5.41, 5.74) is 9.68. The Labute approximate surface area is 111 Å². The Bertz CT molecular complexity index is 771. The predicted octanol–water partition coefficient (Wildman–Crippen LogP) is 3.29. The van der Waals surface area contributed by atoms with Crippen LogP contribution in [0.2, 0.25) is 0 Å². The SMILES string of the molecule is Cc1ccc2[nH]cc(C(=O)c3ccccc3N)c2c1. The minimum atomic E-state index is -0.0463. The molecule has 1 aromatic heterocycles. The molecule has 94 valence electrons. The number of aromatic nitrogens is 1. The fourth-order valence-corrected chi connectivity index (χ4v) is 2.27. The van der Waals surface area contributed by atoms with Gasteiger partial charge in [0.1, 0.15) is 0 Å². The lowest BCUT2D eigenvalue weighted by molar-refractivity contribution is 0.104. The van der Waals surface area contributed by atoms with Gasteiger partial charge in [-0.2, -0.15) is 0 Å². The molecule has 0 unspecified atom stereocenters. The minimum Gasteiger partial charge on any atom is -0.398 e. The lowest BCUT2D eigenvalue weighted by atomic mass is 10.0. The molecule has 0 atom stereocenters. The highest BCUT2D eigenvalue weighted by atomic mass is 16.1. The zero-order valence-electron chi connectivity index (χ0n) is 10.6. The molecule has 0 fully saturated rings. The van der Waals surface area contributed by atoms with E-state index in [1.165, 1.54) is 0 Å². The fraction of sp³-hybridized carbons (Fsp3) is 0.0625. The van der Waals surface area contributed by atoms with E-state index in [0.717, 1.165) is 16.5 Å². The van der Waals surface area contributed by atoms with Gasteiger partial charge in [-0.1, -0.05) is 23.8 Å². The summed E-state index contributed by atoms with van der Waals surface area (Å²) in [7, 11) is 0. The van der Waals surface area contributed by atoms with E-state index >= 15 is 0 Å². The number of aryl methyl sites for hydroxylation is 1. The van der Waals surface area contributed by atoms with Crippen LogP contribution in [0.5, 0.6) is 0 Å².